The van der Waals surface area contributed by atoms with Crippen molar-refractivity contribution in [3.8, 4) is 0 Å². The minimum absolute atomic E-state index is 0.0856. The monoisotopic (exact) mass is 355 g/mol. The number of non-ortho nitro benzene ring substituents is 1. The van der Waals surface area contributed by atoms with Crippen LogP contribution in [0.1, 0.15) is 13.3 Å². The van der Waals surface area contributed by atoms with Gasteiger partial charge in [0.15, 0.2) is 0 Å². The van der Waals surface area contributed by atoms with Gasteiger partial charge in [-0.15, -0.1) is 0 Å². The predicted molar refractivity (Wildman–Crippen MR) is 87.9 cm³/mol. The molecule has 0 radical (unpaired) electrons. The van der Waals surface area contributed by atoms with Gasteiger partial charge in [-0.3, -0.25) is 19.7 Å². The van der Waals surface area contributed by atoms with E-state index >= 15 is 0 Å². The van der Waals surface area contributed by atoms with E-state index in [0.29, 0.717) is 31.9 Å². The lowest BCUT2D eigenvalue weighted by atomic mass is 10.1. The van der Waals surface area contributed by atoms with Crippen LogP contribution in [0.2, 0.25) is 5.02 Å². The van der Waals surface area contributed by atoms with Crippen molar-refractivity contribution in [2.45, 2.75) is 13.3 Å². The fraction of sp³-hybridized carbons (Fsp3) is 0.467. The van der Waals surface area contributed by atoms with E-state index in [1.54, 1.807) is 11.8 Å². The van der Waals surface area contributed by atoms with Crippen molar-refractivity contribution in [3.63, 3.8) is 0 Å². The Hall–Kier alpha value is -2.35. The molecule has 1 heterocycles. The summed E-state index contributed by atoms with van der Waals surface area (Å²) in [6.45, 7) is 3.18. The van der Waals surface area contributed by atoms with E-state index < -0.39 is 10.8 Å². The molecule has 1 aliphatic heterocycles. The van der Waals surface area contributed by atoms with E-state index in [2.05, 4.69) is 5.32 Å². The molecule has 1 N–H and O–H groups in total. The number of ether oxygens (including phenoxy) is 1. The molecule has 0 aromatic heterocycles. The predicted octanol–water partition coefficient (Wildman–Crippen LogP) is 2.07. The Labute approximate surface area is 143 Å². The molecular formula is C15H18ClN3O5. The van der Waals surface area contributed by atoms with E-state index in [1.165, 1.54) is 18.2 Å². The van der Waals surface area contributed by atoms with Crippen LogP contribution in [-0.4, -0.2) is 47.9 Å². The van der Waals surface area contributed by atoms with Gasteiger partial charge in [-0.25, -0.2) is 0 Å². The van der Waals surface area contributed by atoms with Gasteiger partial charge in [-0.2, -0.15) is 0 Å². The average molecular weight is 356 g/mol. The molecule has 1 amide bonds. The highest BCUT2D eigenvalue weighted by Gasteiger charge is 2.34. The number of carbonyl (C=O) groups is 2. The molecule has 1 aromatic carbocycles. The smallest absolute Gasteiger partial charge is 0.311 e. The van der Waals surface area contributed by atoms with Crippen LogP contribution in [0.3, 0.4) is 0 Å². The van der Waals surface area contributed by atoms with Gasteiger partial charge in [0.2, 0.25) is 5.91 Å². The number of hydrogen-bond acceptors (Lipinski definition) is 6. The van der Waals surface area contributed by atoms with Gasteiger partial charge in [0.25, 0.3) is 5.69 Å². The van der Waals surface area contributed by atoms with E-state index in [-0.39, 0.29) is 29.0 Å². The van der Waals surface area contributed by atoms with Crippen molar-refractivity contribution < 1.29 is 19.2 Å². The number of hydrogen-bond donors (Lipinski definition) is 1. The molecule has 1 atom stereocenters. The third-order valence-corrected chi connectivity index (χ3v) is 4.01. The Morgan fingerprint density at radius 1 is 1.54 bits per heavy atom. The zero-order chi connectivity index (χ0) is 17.7. The molecule has 130 valence electrons. The molecule has 0 saturated carbocycles. The van der Waals surface area contributed by atoms with Crippen LogP contribution >= 0.6 is 11.6 Å². The molecule has 8 nitrogen and oxygen atoms in total. The first-order valence-corrected chi connectivity index (χ1v) is 7.92. The Kier molecular flexibility index (Phi) is 5.97. The first-order valence-electron chi connectivity index (χ1n) is 7.54. The molecule has 0 spiro atoms. The second-order valence-corrected chi connectivity index (χ2v) is 5.75. The van der Waals surface area contributed by atoms with Crippen molar-refractivity contribution >= 4 is 34.9 Å². The number of likely N-dealkylation sites (tertiary alicyclic amines) is 1. The second-order valence-electron chi connectivity index (χ2n) is 5.34. The number of carbonyl (C=O) groups excluding carboxylic acids is 2. The maximum absolute atomic E-state index is 11.9. The van der Waals surface area contributed by atoms with Crippen molar-refractivity contribution in [3.05, 3.63) is 33.3 Å². The van der Waals surface area contributed by atoms with Crippen LogP contribution in [-0.2, 0) is 14.3 Å². The lowest BCUT2D eigenvalue weighted by Crippen LogP contribution is -2.31. The summed E-state index contributed by atoms with van der Waals surface area (Å²) >= 11 is 5.99. The molecule has 9 heteroatoms. The van der Waals surface area contributed by atoms with Gasteiger partial charge in [0, 0.05) is 38.2 Å². The van der Waals surface area contributed by atoms with E-state index in [4.69, 9.17) is 16.3 Å². The van der Waals surface area contributed by atoms with Gasteiger partial charge < -0.3 is 15.0 Å². The molecule has 24 heavy (non-hydrogen) atoms. The summed E-state index contributed by atoms with van der Waals surface area (Å²) < 4.78 is 4.94. The Bertz CT molecular complexity index is 652. The molecule has 1 saturated heterocycles. The van der Waals surface area contributed by atoms with Crippen LogP contribution in [0.5, 0.6) is 0 Å². The molecule has 0 unspecified atom stereocenters. The molecule has 1 aromatic rings. The molecule has 0 bridgehead atoms. The number of anilines is 1. The van der Waals surface area contributed by atoms with E-state index in [9.17, 15) is 19.7 Å². The molecular weight excluding hydrogens is 338 g/mol. The molecule has 1 fully saturated rings. The van der Waals surface area contributed by atoms with Gasteiger partial charge in [0.05, 0.1) is 28.2 Å². The zero-order valence-electron chi connectivity index (χ0n) is 13.2. The lowest BCUT2D eigenvalue weighted by Gasteiger charge is -2.17. The van der Waals surface area contributed by atoms with Gasteiger partial charge in [-0.05, 0) is 13.0 Å². The maximum Gasteiger partial charge on any atom is 0.311 e. The first-order chi connectivity index (χ1) is 11.4. The highest BCUT2D eigenvalue weighted by molar-refractivity contribution is 6.33. The summed E-state index contributed by atoms with van der Waals surface area (Å²) in [5.41, 5.74) is 0.466. The Morgan fingerprint density at radius 2 is 2.29 bits per heavy atom. The Morgan fingerprint density at radius 3 is 2.92 bits per heavy atom. The summed E-state index contributed by atoms with van der Waals surface area (Å²) in [5.74, 6) is -0.857. The quantitative estimate of drug-likeness (QED) is 0.456. The number of esters is 1. The third-order valence-electron chi connectivity index (χ3n) is 3.70. The average Bonchev–Trinajstić information content (AvgIpc) is 2.90. The standard InChI is InChI=1S/C15H18ClN3O5/c1-2-24-15(21)10-7-14(20)18(9-10)6-5-17-13-4-3-11(19(22)23)8-12(13)16/h3-4,8,10,17H,2,5-7,9H2,1H3/t10-/m0/s1. The number of halogens is 1. The molecule has 1 aliphatic rings. The number of nitrogens with zero attached hydrogens (tertiary/aromatic N) is 2. The number of amides is 1. The maximum atomic E-state index is 11.9. The highest BCUT2D eigenvalue weighted by Crippen LogP contribution is 2.26. The fourth-order valence-corrected chi connectivity index (χ4v) is 2.73. The SMILES string of the molecule is CCOC(=O)[C@H]1CC(=O)N(CCNc2ccc([N+](=O)[O-])cc2Cl)C1. The summed E-state index contributed by atoms with van der Waals surface area (Å²) in [4.78, 5) is 35.3. The third kappa shape index (κ3) is 4.35. The van der Waals surface area contributed by atoms with Crippen LogP contribution < -0.4 is 5.32 Å². The fourth-order valence-electron chi connectivity index (χ4n) is 2.49. The minimum atomic E-state index is -0.520. The summed E-state index contributed by atoms with van der Waals surface area (Å²) in [7, 11) is 0. The summed E-state index contributed by atoms with van der Waals surface area (Å²) in [6.07, 6.45) is 0.164. The molecule has 0 aliphatic carbocycles. The van der Waals surface area contributed by atoms with Crippen molar-refractivity contribution in [1.29, 1.82) is 0 Å². The van der Waals surface area contributed by atoms with Crippen LogP contribution in [0.25, 0.3) is 0 Å². The van der Waals surface area contributed by atoms with Crippen molar-refractivity contribution in [1.82, 2.24) is 4.90 Å². The van der Waals surface area contributed by atoms with E-state index in [1.807, 2.05) is 0 Å². The lowest BCUT2D eigenvalue weighted by molar-refractivity contribution is -0.384. The zero-order valence-corrected chi connectivity index (χ0v) is 13.9. The first kappa shape index (κ1) is 18.0. The number of nitro benzene ring substituents is 1. The second kappa shape index (κ2) is 7.96. The van der Waals surface area contributed by atoms with Gasteiger partial charge >= 0.3 is 5.97 Å². The minimum Gasteiger partial charge on any atom is -0.466 e. The molecule has 2 rings (SSSR count). The number of rotatable bonds is 7. The largest absolute Gasteiger partial charge is 0.466 e. The number of nitrogens with one attached hydrogen (secondary N) is 1. The van der Waals surface area contributed by atoms with Gasteiger partial charge in [0.1, 0.15) is 0 Å². The van der Waals surface area contributed by atoms with Crippen LogP contribution in [0, 0.1) is 16.0 Å². The summed E-state index contributed by atoms with van der Waals surface area (Å²) in [6, 6.07) is 4.14. The normalized spacial score (nSPS) is 17.0. The Balaban J connectivity index is 1.85. The number of nitro groups is 1. The van der Waals surface area contributed by atoms with Gasteiger partial charge in [-0.1, -0.05) is 11.6 Å². The van der Waals surface area contributed by atoms with E-state index in [0.717, 1.165) is 0 Å². The summed E-state index contributed by atoms with van der Waals surface area (Å²) in [5, 5.41) is 13.9. The van der Waals surface area contributed by atoms with Crippen molar-refractivity contribution in [2.75, 3.05) is 31.6 Å². The highest BCUT2D eigenvalue weighted by atomic mass is 35.5. The van der Waals surface area contributed by atoms with Crippen LogP contribution in [0.4, 0.5) is 11.4 Å². The topological polar surface area (TPSA) is 102 Å². The van der Waals surface area contributed by atoms with Crippen LogP contribution in [0.15, 0.2) is 18.2 Å². The number of benzene rings is 1. The van der Waals surface area contributed by atoms with Crippen molar-refractivity contribution in [2.24, 2.45) is 5.92 Å².